The Morgan fingerprint density at radius 2 is 1.96 bits per heavy atom. The number of nitrogens with zero attached hydrogens (tertiary/aromatic N) is 3. The largest absolute Gasteiger partial charge is 0.355 e. The maximum Gasteiger partial charge on any atom is 0.328 e. The molecule has 0 saturated carbocycles. The van der Waals surface area contributed by atoms with Crippen molar-refractivity contribution in [2.45, 2.75) is 17.7 Å². The predicted molar refractivity (Wildman–Crippen MR) is 102 cm³/mol. The van der Waals surface area contributed by atoms with Crippen molar-refractivity contribution in [3.8, 4) is 0 Å². The first-order chi connectivity index (χ1) is 12.8. The van der Waals surface area contributed by atoms with Crippen molar-refractivity contribution in [3.05, 3.63) is 28.7 Å². The lowest BCUT2D eigenvalue weighted by Gasteiger charge is -2.31. The molecule has 1 aliphatic heterocycles. The number of imidazole rings is 1. The minimum Gasteiger partial charge on any atom is -0.355 e. The maximum atomic E-state index is 13.1. The standard InChI is InChI=1S/C17H25N5O4S/c1-20-14-6-5-13(10-15(14)21(2)17(20)24)27(25,26)22-9-3-4-12(11-22)16(23)19-8-7-18/h5-6,10,12H,3-4,7-9,11,18H2,1-2H3,(H,19,23). The lowest BCUT2D eigenvalue weighted by Crippen LogP contribution is -2.46. The second-order valence-electron chi connectivity index (χ2n) is 6.83. The summed E-state index contributed by atoms with van der Waals surface area (Å²) in [4.78, 5) is 24.4. The van der Waals surface area contributed by atoms with Crippen LogP contribution in [0.2, 0.25) is 0 Å². The van der Waals surface area contributed by atoms with Crippen LogP contribution in [0.3, 0.4) is 0 Å². The van der Waals surface area contributed by atoms with Gasteiger partial charge >= 0.3 is 5.69 Å². The van der Waals surface area contributed by atoms with Crippen LogP contribution in [0.1, 0.15) is 12.8 Å². The van der Waals surface area contributed by atoms with E-state index < -0.39 is 10.0 Å². The number of piperidine rings is 1. The highest BCUT2D eigenvalue weighted by atomic mass is 32.2. The summed E-state index contributed by atoms with van der Waals surface area (Å²) >= 11 is 0. The monoisotopic (exact) mass is 395 g/mol. The van der Waals surface area contributed by atoms with Crippen LogP contribution in [0.15, 0.2) is 27.9 Å². The average Bonchev–Trinajstić information content (AvgIpc) is 2.90. The van der Waals surface area contributed by atoms with Gasteiger partial charge in [0, 0.05) is 40.3 Å². The molecule has 3 rings (SSSR count). The lowest BCUT2D eigenvalue weighted by molar-refractivity contribution is -0.126. The van der Waals surface area contributed by atoms with Crippen LogP contribution in [0.4, 0.5) is 0 Å². The number of benzene rings is 1. The molecule has 9 nitrogen and oxygen atoms in total. The molecule has 0 radical (unpaired) electrons. The number of amides is 1. The van der Waals surface area contributed by atoms with Gasteiger partial charge in [-0.3, -0.25) is 13.9 Å². The molecule has 0 bridgehead atoms. The zero-order valence-corrected chi connectivity index (χ0v) is 16.3. The topological polar surface area (TPSA) is 119 Å². The molecular formula is C17H25N5O4S. The van der Waals surface area contributed by atoms with E-state index in [0.29, 0.717) is 43.5 Å². The Bertz CT molecular complexity index is 1020. The number of rotatable bonds is 5. The fourth-order valence-electron chi connectivity index (χ4n) is 3.51. The van der Waals surface area contributed by atoms with Crippen molar-refractivity contribution < 1.29 is 13.2 Å². The van der Waals surface area contributed by atoms with Crippen LogP contribution >= 0.6 is 0 Å². The van der Waals surface area contributed by atoms with Gasteiger partial charge in [-0.2, -0.15) is 4.31 Å². The van der Waals surface area contributed by atoms with E-state index in [1.54, 1.807) is 20.2 Å². The van der Waals surface area contributed by atoms with E-state index in [1.165, 1.54) is 25.6 Å². The van der Waals surface area contributed by atoms with E-state index in [4.69, 9.17) is 5.73 Å². The Kier molecular flexibility index (Phi) is 5.41. The highest BCUT2D eigenvalue weighted by molar-refractivity contribution is 7.89. The lowest BCUT2D eigenvalue weighted by atomic mass is 9.99. The first kappa shape index (κ1) is 19.6. The van der Waals surface area contributed by atoms with Crippen LogP contribution in [-0.4, -0.2) is 53.9 Å². The SMILES string of the molecule is Cn1c(=O)n(C)c2cc(S(=O)(=O)N3CCCC(C(=O)NCCN)C3)ccc21. The van der Waals surface area contributed by atoms with Crippen LogP contribution in [0, 0.1) is 5.92 Å². The minimum atomic E-state index is -3.76. The maximum absolute atomic E-state index is 13.1. The summed E-state index contributed by atoms with van der Waals surface area (Å²) in [5, 5.41) is 2.73. The van der Waals surface area contributed by atoms with Gasteiger partial charge in [-0.1, -0.05) is 0 Å². The molecule has 1 aromatic heterocycles. The average molecular weight is 395 g/mol. The molecule has 2 aromatic rings. The summed E-state index contributed by atoms with van der Waals surface area (Å²) in [6.45, 7) is 1.23. The molecule has 27 heavy (non-hydrogen) atoms. The van der Waals surface area contributed by atoms with E-state index in [2.05, 4.69) is 5.32 Å². The number of nitrogens with two attached hydrogens (primary N) is 1. The summed E-state index contributed by atoms with van der Waals surface area (Å²) in [5.41, 5.74) is 6.41. The fourth-order valence-corrected chi connectivity index (χ4v) is 5.05. The zero-order chi connectivity index (χ0) is 19.8. The number of carbonyl (C=O) groups is 1. The molecule has 1 saturated heterocycles. The summed E-state index contributed by atoms with van der Waals surface area (Å²) in [6, 6.07) is 4.67. The number of nitrogens with one attached hydrogen (secondary N) is 1. The van der Waals surface area contributed by atoms with Crippen molar-refractivity contribution in [2.75, 3.05) is 26.2 Å². The van der Waals surface area contributed by atoms with Crippen LogP contribution in [0.25, 0.3) is 11.0 Å². The second-order valence-corrected chi connectivity index (χ2v) is 8.77. The summed E-state index contributed by atoms with van der Waals surface area (Å²) < 4.78 is 30.4. The predicted octanol–water partition coefficient (Wildman–Crippen LogP) is -0.647. The van der Waals surface area contributed by atoms with E-state index in [-0.39, 0.29) is 29.0 Å². The molecular weight excluding hydrogens is 370 g/mol. The molecule has 1 amide bonds. The van der Waals surface area contributed by atoms with Crippen molar-refractivity contribution >= 4 is 27.0 Å². The number of carbonyl (C=O) groups excluding carboxylic acids is 1. The molecule has 1 aliphatic rings. The Morgan fingerprint density at radius 1 is 1.26 bits per heavy atom. The molecule has 1 unspecified atom stereocenters. The number of aryl methyl sites for hydroxylation is 2. The highest BCUT2D eigenvalue weighted by Gasteiger charge is 2.33. The smallest absolute Gasteiger partial charge is 0.328 e. The second kappa shape index (κ2) is 7.45. The van der Waals surface area contributed by atoms with Gasteiger partial charge in [-0.05, 0) is 31.0 Å². The van der Waals surface area contributed by atoms with Gasteiger partial charge in [-0.15, -0.1) is 0 Å². The third-order valence-corrected chi connectivity index (χ3v) is 6.94. The third kappa shape index (κ3) is 3.52. The summed E-state index contributed by atoms with van der Waals surface area (Å²) in [6.07, 6.45) is 1.26. The molecule has 148 valence electrons. The van der Waals surface area contributed by atoms with E-state index in [1.807, 2.05) is 0 Å². The van der Waals surface area contributed by atoms with Gasteiger partial charge in [0.25, 0.3) is 0 Å². The van der Waals surface area contributed by atoms with Gasteiger partial charge in [0.1, 0.15) is 0 Å². The van der Waals surface area contributed by atoms with E-state index in [0.717, 1.165) is 0 Å². The highest BCUT2D eigenvalue weighted by Crippen LogP contribution is 2.26. The number of fused-ring (bicyclic) bond motifs is 1. The van der Waals surface area contributed by atoms with Crippen molar-refractivity contribution in [2.24, 2.45) is 25.7 Å². The van der Waals surface area contributed by atoms with Gasteiger partial charge < -0.3 is 11.1 Å². The van der Waals surface area contributed by atoms with Crippen LogP contribution < -0.4 is 16.7 Å². The zero-order valence-electron chi connectivity index (χ0n) is 15.5. The van der Waals surface area contributed by atoms with Crippen LogP contribution in [0.5, 0.6) is 0 Å². The van der Waals surface area contributed by atoms with Gasteiger partial charge in [0.05, 0.1) is 21.8 Å². The van der Waals surface area contributed by atoms with E-state index in [9.17, 15) is 18.0 Å². The van der Waals surface area contributed by atoms with Crippen molar-refractivity contribution in [3.63, 3.8) is 0 Å². The summed E-state index contributed by atoms with van der Waals surface area (Å²) in [7, 11) is -0.499. The molecule has 1 aromatic carbocycles. The molecule has 0 aliphatic carbocycles. The van der Waals surface area contributed by atoms with Gasteiger partial charge in [0.15, 0.2) is 0 Å². The Labute approximate surface area is 157 Å². The molecule has 1 fully saturated rings. The van der Waals surface area contributed by atoms with Crippen LogP contribution in [-0.2, 0) is 28.9 Å². The first-order valence-electron chi connectivity index (χ1n) is 8.90. The number of hydrogen-bond acceptors (Lipinski definition) is 5. The minimum absolute atomic E-state index is 0.124. The quantitative estimate of drug-likeness (QED) is 0.697. The van der Waals surface area contributed by atoms with E-state index >= 15 is 0 Å². The number of aromatic nitrogens is 2. The Morgan fingerprint density at radius 3 is 2.67 bits per heavy atom. The Balaban J connectivity index is 1.89. The fraction of sp³-hybridized carbons (Fsp3) is 0.529. The first-order valence-corrected chi connectivity index (χ1v) is 10.3. The Hall–Kier alpha value is -2.17. The summed E-state index contributed by atoms with van der Waals surface area (Å²) in [5.74, 6) is -0.550. The molecule has 10 heteroatoms. The molecule has 2 heterocycles. The van der Waals surface area contributed by atoms with Crippen molar-refractivity contribution in [1.29, 1.82) is 0 Å². The molecule has 1 atom stereocenters. The third-order valence-electron chi connectivity index (χ3n) is 5.08. The van der Waals surface area contributed by atoms with Gasteiger partial charge in [-0.25, -0.2) is 13.2 Å². The molecule has 3 N–H and O–H groups in total. The van der Waals surface area contributed by atoms with Gasteiger partial charge in [0.2, 0.25) is 15.9 Å². The number of hydrogen-bond donors (Lipinski definition) is 2. The molecule has 0 spiro atoms. The van der Waals surface area contributed by atoms with Crippen molar-refractivity contribution in [1.82, 2.24) is 18.8 Å². The number of sulfonamides is 1. The normalized spacial score (nSPS) is 18.7.